The molecule has 0 bridgehead atoms. The van der Waals surface area contributed by atoms with Gasteiger partial charge in [0, 0.05) is 38.2 Å². The van der Waals surface area contributed by atoms with E-state index in [0.717, 1.165) is 62.5 Å². The molecule has 8 heteroatoms. The van der Waals surface area contributed by atoms with Crippen molar-refractivity contribution < 1.29 is 13.9 Å². The third-order valence-electron chi connectivity index (χ3n) is 6.86. The molecule has 0 saturated carbocycles. The number of hydrogen-bond acceptors (Lipinski definition) is 6. The Balaban J connectivity index is 1.37. The summed E-state index contributed by atoms with van der Waals surface area (Å²) in [4.78, 5) is 33.2. The number of aromatic nitrogens is 2. The first-order valence-corrected chi connectivity index (χ1v) is 12.3. The second-order valence-electron chi connectivity index (χ2n) is 9.20. The van der Waals surface area contributed by atoms with Gasteiger partial charge in [-0.15, -0.1) is 0 Å². The lowest BCUT2D eigenvalue weighted by molar-refractivity contribution is 0.0117. The fourth-order valence-electron chi connectivity index (χ4n) is 4.96. The highest BCUT2D eigenvalue weighted by Gasteiger charge is 2.26. The van der Waals surface area contributed by atoms with Crippen LogP contribution in [0.2, 0.25) is 0 Å². The van der Waals surface area contributed by atoms with E-state index in [9.17, 15) is 9.59 Å². The molecule has 180 valence electrons. The molecule has 1 atom stereocenters. The maximum atomic E-state index is 13.1. The first-order valence-electron chi connectivity index (χ1n) is 12.3. The molecule has 4 heterocycles. The number of amides is 1. The molecule has 3 aromatic rings. The van der Waals surface area contributed by atoms with Gasteiger partial charge in [-0.25, -0.2) is 4.98 Å². The number of nitrogens with zero attached hydrogens (tertiary/aromatic N) is 3. The van der Waals surface area contributed by atoms with Crippen molar-refractivity contribution in [2.75, 3.05) is 32.8 Å². The van der Waals surface area contributed by atoms with Crippen molar-refractivity contribution >= 4 is 16.8 Å². The van der Waals surface area contributed by atoms with Crippen LogP contribution in [0.4, 0.5) is 0 Å². The van der Waals surface area contributed by atoms with Crippen molar-refractivity contribution in [3.8, 4) is 0 Å². The zero-order chi connectivity index (χ0) is 23.5. The van der Waals surface area contributed by atoms with Gasteiger partial charge < -0.3 is 14.5 Å². The number of ether oxygens (including phenoxy) is 1. The van der Waals surface area contributed by atoms with Crippen LogP contribution in [0.25, 0.3) is 10.9 Å². The fraction of sp³-hybridized carbons (Fsp3) is 0.500. The minimum atomic E-state index is -0.183. The molecule has 1 fully saturated rings. The average Bonchev–Trinajstić information content (AvgIpc) is 3.26. The second-order valence-corrected chi connectivity index (χ2v) is 9.20. The molecule has 0 spiro atoms. The van der Waals surface area contributed by atoms with Gasteiger partial charge in [0.25, 0.3) is 11.5 Å². The molecule has 2 aliphatic heterocycles. The van der Waals surface area contributed by atoms with Gasteiger partial charge >= 0.3 is 0 Å². The summed E-state index contributed by atoms with van der Waals surface area (Å²) in [6.45, 7) is 5.97. The lowest BCUT2D eigenvalue weighted by Gasteiger charge is -2.33. The van der Waals surface area contributed by atoms with Gasteiger partial charge in [-0.1, -0.05) is 12.8 Å². The predicted octanol–water partition coefficient (Wildman–Crippen LogP) is 3.22. The van der Waals surface area contributed by atoms with Crippen LogP contribution in [0, 0.1) is 6.92 Å². The molecule has 2 aliphatic rings. The van der Waals surface area contributed by atoms with Crippen molar-refractivity contribution in [1.29, 1.82) is 0 Å². The number of hydrogen-bond donors (Lipinski definition) is 1. The first kappa shape index (κ1) is 22.8. The van der Waals surface area contributed by atoms with E-state index >= 15 is 0 Å². The third-order valence-corrected chi connectivity index (χ3v) is 6.86. The predicted molar refractivity (Wildman–Crippen MR) is 129 cm³/mol. The van der Waals surface area contributed by atoms with Crippen LogP contribution in [0.15, 0.2) is 39.5 Å². The van der Waals surface area contributed by atoms with E-state index in [1.54, 1.807) is 18.2 Å². The summed E-state index contributed by atoms with van der Waals surface area (Å²) in [5, 5.41) is 3.64. The smallest absolute Gasteiger partial charge is 0.261 e. The zero-order valence-electron chi connectivity index (χ0n) is 19.7. The number of aryl methyl sites for hydroxylation is 2. The molecule has 1 saturated heterocycles. The molecule has 8 nitrogen and oxygen atoms in total. The number of benzene rings is 1. The SMILES string of the molecule is Cc1ccc(C(CNC(=O)c2ccc3c(=O)n4c(nc3c2)CCCCCC4)N2CCOCC2)o1. The van der Waals surface area contributed by atoms with Crippen molar-refractivity contribution in [3.05, 3.63) is 63.6 Å². The standard InChI is InChI=1S/C26H32N4O4/c1-18-7-10-23(34-18)22(29-12-14-33-15-13-29)17-27-25(31)19-8-9-20-21(16-19)28-24-6-4-2-3-5-11-30(24)26(20)32/h7-10,16,22H,2-6,11-15,17H2,1H3,(H,27,31). The molecule has 2 aromatic heterocycles. The van der Waals surface area contributed by atoms with Crippen molar-refractivity contribution in [1.82, 2.24) is 19.8 Å². The van der Waals surface area contributed by atoms with Gasteiger partial charge in [-0.3, -0.25) is 19.1 Å². The van der Waals surface area contributed by atoms with E-state index in [0.29, 0.717) is 42.8 Å². The van der Waals surface area contributed by atoms with Crippen LogP contribution in [-0.2, 0) is 17.7 Å². The van der Waals surface area contributed by atoms with Crippen molar-refractivity contribution in [3.63, 3.8) is 0 Å². The number of fused-ring (bicyclic) bond motifs is 2. The van der Waals surface area contributed by atoms with Crippen LogP contribution in [0.1, 0.15) is 59.4 Å². The second kappa shape index (κ2) is 10.1. The summed E-state index contributed by atoms with van der Waals surface area (Å²) in [7, 11) is 0. The largest absolute Gasteiger partial charge is 0.465 e. The highest BCUT2D eigenvalue weighted by Crippen LogP contribution is 2.24. The monoisotopic (exact) mass is 464 g/mol. The molecule has 1 aromatic carbocycles. The summed E-state index contributed by atoms with van der Waals surface area (Å²) < 4.78 is 13.2. The van der Waals surface area contributed by atoms with E-state index in [4.69, 9.17) is 14.1 Å². The summed E-state index contributed by atoms with van der Waals surface area (Å²) in [6, 6.07) is 9.06. The molecular weight excluding hydrogens is 432 g/mol. The number of carbonyl (C=O) groups excluding carboxylic acids is 1. The van der Waals surface area contributed by atoms with Gasteiger partial charge in [-0.05, 0) is 50.1 Å². The number of rotatable bonds is 5. The number of nitrogens with one attached hydrogen (secondary N) is 1. The van der Waals surface area contributed by atoms with Crippen LogP contribution in [0.5, 0.6) is 0 Å². The lowest BCUT2D eigenvalue weighted by Crippen LogP contribution is -2.43. The topological polar surface area (TPSA) is 89.6 Å². The van der Waals surface area contributed by atoms with Gasteiger partial charge in [0.1, 0.15) is 17.3 Å². The minimum absolute atomic E-state index is 0.00516. The van der Waals surface area contributed by atoms with Crippen LogP contribution >= 0.6 is 0 Å². The fourth-order valence-corrected chi connectivity index (χ4v) is 4.96. The van der Waals surface area contributed by atoms with E-state index in [-0.39, 0.29) is 17.5 Å². The minimum Gasteiger partial charge on any atom is -0.465 e. The molecule has 1 N–H and O–H groups in total. The number of carbonyl (C=O) groups is 1. The molecular formula is C26H32N4O4. The van der Waals surface area contributed by atoms with E-state index in [1.165, 1.54) is 0 Å². The molecule has 5 rings (SSSR count). The highest BCUT2D eigenvalue weighted by molar-refractivity contribution is 5.97. The van der Waals surface area contributed by atoms with Gasteiger partial charge in [0.2, 0.25) is 0 Å². The Kier molecular flexibility index (Phi) is 6.78. The van der Waals surface area contributed by atoms with Crippen LogP contribution in [-0.4, -0.2) is 53.2 Å². The van der Waals surface area contributed by atoms with Crippen molar-refractivity contribution in [2.24, 2.45) is 0 Å². The molecule has 1 unspecified atom stereocenters. The highest BCUT2D eigenvalue weighted by atomic mass is 16.5. The summed E-state index contributed by atoms with van der Waals surface area (Å²) in [5.41, 5.74) is 1.09. The van der Waals surface area contributed by atoms with Gasteiger partial charge in [0.15, 0.2) is 0 Å². The van der Waals surface area contributed by atoms with Crippen LogP contribution in [0.3, 0.4) is 0 Å². The molecule has 0 radical (unpaired) electrons. The summed E-state index contributed by atoms with van der Waals surface area (Å²) in [5.74, 6) is 2.33. The summed E-state index contributed by atoms with van der Waals surface area (Å²) >= 11 is 0. The average molecular weight is 465 g/mol. The molecule has 1 amide bonds. The van der Waals surface area contributed by atoms with Crippen molar-refractivity contribution in [2.45, 2.75) is 51.6 Å². The third kappa shape index (κ3) is 4.79. The van der Waals surface area contributed by atoms with E-state index < -0.39 is 0 Å². The van der Waals surface area contributed by atoms with E-state index in [1.807, 2.05) is 23.6 Å². The Hall–Kier alpha value is -2.97. The lowest BCUT2D eigenvalue weighted by atomic mass is 10.1. The Labute approximate surface area is 198 Å². The molecule has 34 heavy (non-hydrogen) atoms. The van der Waals surface area contributed by atoms with Gasteiger partial charge in [0.05, 0.1) is 30.2 Å². The Morgan fingerprint density at radius 1 is 1.09 bits per heavy atom. The quantitative estimate of drug-likeness (QED) is 0.624. The maximum Gasteiger partial charge on any atom is 0.261 e. The Morgan fingerprint density at radius 3 is 2.71 bits per heavy atom. The maximum absolute atomic E-state index is 13.1. The Bertz CT molecular complexity index is 1230. The summed E-state index contributed by atoms with van der Waals surface area (Å²) in [6.07, 6.45) is 5.14. The van der Waals surface area contributed by atoms with Gasteiger partial charge in [-0.2, -0.15) is 0 Å². The normalized spacial score (nSPS) is 18.1. The van der Waals surface area contributed by atoms with E-state index in [2.05, 4.69) is 10.2 Å². The number of furan rings is 1. The Morgan fingerprint density at radius 2 is 1.91 bits per heavy atom. The van der Waals surface area contributed by atoms with Crippen LogP contribution < -0.4 is 10.9 Å². The number of morpholine rings is 1. The molecule has 0 aliphatic carbocycles. The first-order chi connectivity index (χ1) is 16.6. The zero-order valence-corrected chi connectivity index (χ0v) is 19.7.